The summed E-state index contributed by atoms with van der Waals surface area (Å²) in [7, 11) is 3.32. The van der Waals surface area contributed by atoms with Crippen molar-refractivity contribution >= 4 is 0 Å². The minimum absolute atomic E-state index is 0.728. The van der Waals surface area contributed by atoms with Crippen molar-refractivity contribution in [3.05, 3.63) is 41.7 Å². The molecule has 1 aromatic carbocycles. The number of hydrogen-bond acceptors (Lipinski definition) is 4. The number of rotatable bonds is 7. The van der Waals surface area contributed by atoms with E-state index >= 15 is 0 Å². The van der Waals surface area contributed by atoms with Gasteiger partial charge in [-0.1, -0.05) is 6.07 Å². The van der Waals surface area contributed by atoms with Gasteiger partial charge in [-0.25, -0.2) is 0 Å². The van der Waals surface area contributed by atoms with Crippen molar-refractivity contribution in [3.8, 4) is 11.5 Å². The van der Waals surface area contributed by atoms with E-state index in [2.05, 4.69) is 17.3 Å². The van der Waals surface area contributed by atoms with Crippen LogP contribution in [0.3, 0.4) is 0 Å². The van der Waals surface area contributed by atoms with E-state index in [1.807, 2.05) is 35.1 Å². The standard InChI is InChI=1S/C15H21N3O2/c1-4-18-8-7-13(17-18)11-16-10-12-5-6-14(19-2)9-15(12)20-3/h5-9,16H,4,10-11H2,1-3H3. The van der Waals surface area contributed by atoms with Gasteiger partial charge in [0.25, 0.3) is 0 Å². The number of aryl methyl sites for hydroxylation is 1. The van der Waals surface area contributed by atoms with E-state index < -0.39 is 0 Å². The number of nitrogens with one attached hydrogen (secondary N) is 1. The van der Waals surface area contributed by atoms with Gasteiger partial charge in [0, 0.05) is 37.5 Å². The van der Waals surface area contributed by atoms with Crippen LogP contribution in [0.4, 0.5) is 0 Å². The van der Waals surface area contributed by atoms with Crippen LogP contribution in [-0.2, 0) is 19.6 Å². The van der Waals surface area contributed by atoms with Gasteiger partial charge in [-0.2, -0.15) is 5.10 Å². The summed E-state index contributed by atoms with van der Waals surface area (Å²) in [4.78, 5) is 0. The fourth-order valence-corrected chi connectivity index (χ4v) is 2.00. The molecule has 0 saturated carbocycles. The van der Waals surface area contributed by atoms with E-state index in [9.17, 15) is 0 Å². The van der Waals surface area contributed by atoms with Crippen molar-refractivity contribution in [3.63, 3.8) is 0 Å². The summed E-state index contributed by atoms with van der Waals surface area (Å²) in [6.45, 7) is 4.44. The van der Waals surface area contributed by atoms with Crippen molar-refractivity contribution in [2.45, 2.75) is 26.6 Å². The third kappa shape index (κ3) is 3.51. The number of benzene rings is 1. The molecular formula is C15H21N3O2. The fraction of sp³-hybridized carbons (Fsp3) is 0.400. The van der Waals surface area contributed by atoms with Crippen LogP contribution in [0.5, 0.6) is 11.5 Å². The summed E-state index contributed by atoms with van der Waals surface area (Å²) in [5.74, 6) is 1.63. The minimum Gasteiger partial charge on any atom is -0.497 e. The Morgan fingerprint density at radius 3 is 2.65 bits per heavy atom. The van der Waals surface area contributed by atoms with Gasteiger partial charge < -0.3 is 14.8 Å². The normalized spacial score (nSPS) is 10.6. The van der Waals surface area contributed by atoms with Crippen LogP contribution < -0.4 is 14.8 Å². The van der Waals surface area contributed by atoms with E-state index in [4.69, 9.17) is 9.47 Å². The first-order chi connectivity index (χ1) is 9.76. The molecule has 0 amide bonds. The Morgan fingerprint density at radius 2 is 2.00 bits per heavy atom. The van der Waals surface area contributed by atoms with E-state index in [1.54, 1.807) is 14.2 Å². The van der Waals surface area contributed by atoms with Gasteiger partial charge in [0.2, 0.25) is 0 Å². The highest BCUT2D eigenvalue weighted by molar-refractivity contribution is 5.40. The molecule has 0 spiro atoms. The predicted octanol–water partition coefficient (Wildman–Crippen LogP) is 2.21. The highest BCUT2D eigenvalue weighted by Gasteiger charge is 2.05. The van der Waals surface area contributed by atoms with E-state index in [0.717, 1.165) is 42.4 Å². The number of hydrogen-bond donors (Lipinski definition) is 1. The molecule has 0 aliphatic carbocycles. The fourth-order valence-electron chi connectivity index (χ4n) is 2.00. The van der Waals surface area contributed by atoms with Crippen molar-refractivity contribution in [1.82, 2.24) is 15.1 Å². The average molecular weight is 275 g/mol. The third-order valence-electron chi connectivity index (χ3n) is 3.14. The van der Waals surface area contributed by atoms with Crippen molar-refractivity contribution in [1.29, 1.82) is 0 Å². The maximum Gasteiger partial charge on any atom is 0.127 e. The van der Waals surface area contributed by atoms with Crippen LogP contribution in [0.15, 0.2) is 30.5 Å². The molecule has 2 aromatic rings. The second-order valence-electron chi connectivity index (χ2n) is 4.44. The maximum absolute atomic E-state index is 5.37. The second-order valence-corrected chi connectivity index (χ2v) is 4.44. The molecule has 1 N–H and O–H groups in total. The van der Waals surface area contributed by atoms with Crippen LogP contribution in [0.2, 0.25) is 0 Å². The zero-order chi connectivity index (χ0) is 14.4. The van der Waals surface area contributed by atoms with Crippen molar-refractivity contribution < 1.29 is 9.47 Å². The smallest absolute Gasteiger partial charge is 0.127 e. The number of methoxy groups -OCH3 is 2. The number of ether oxygens (including phenoxy) is 2. The minimum atomic E-state index is 0.728. The molecule has 0 bridgehead atoms. The molecule has 1 aromatic heterocycles. The molecule has 0 atom stereocenters. The monoisotopic (exact) mass is 275 g/mol. The lowest BCUT2D eigenvalue weighted by Gasteiger charge is -2.10. The van der Waals surface area contributed by atoms with Gasteiger partial charge >= 0.3 is 0 Å². The molecule has 5 heteroatoms. The van der Waals surface area contributed by atoms with Gasteiger partial charge in [-0.3, -0.25) is 4.68 Å². The zero-order valence-electron chi connectivity index (χ0n) is 12.2. The van der Waals surface area contributed by atoms with Gasteiger partial charge in [0.15, 0.2) is 0 Å². The van der Waals surface area contributed by atoms with E-state index in [1.165, 1.54) is 0 Å². The molecule has 0 unspecified atom stereocenters. The topological polar surface area (TPSA) is 48.3 Å². The molecule has 0 aliphatic heterocycles. The first-order valence-corrected chi connectivity index (χ1v) is 6.70. The predicted molar refractivity (Wildman–Crippen MR) is 78.0 cm³/mol. The molecule has 0 aliphatic rings. The van der Waals surface area contributed by atoms with Crippen LogP contribution in [0, 0.1) is 0 Å². The van der Waals surface area contributed by atoms with Crippen molar-refractivity contribution in [2.75, 3.05) is 14.2 Å². The second kappa shape index (κ2) is 6.96. The highest BCUT2D eigenvalue weighted by atomic mass is 16.5. The van der Waals surface area contributed by atoms with Crippen LogP contribution in [0.25, 0.3) is 0 Å². The quantitative estimate of drug-likeness (QED) is 0.841. The number of aromatic nitrogens is 2. The van der Waals surface area contributed by atoms with E-state index in [-0.39, 0.29) is 0 Å². The SMILES string of the molecule is CCn1ccc(CNCc2ccc(OC)cc2OC)n1. The Bertz CT molecular complexity index is 552. The van der Waals surface area contributed by atoms with Crippen LogP contribution in [0.1, 0.15) is 18.2 Å². The van der Waals surface area contributed by atoms with Crippen LogP contribution >= 0.6 is 0 Å². The molecule has 20 heavy (non-hydrogen) atoms. The number of nitrogens with zero attached hydrogens (tertiary/aromatic N) is 2. The Hall–Kier alpha value is -2.01. The molecule has 108 valence electrons. The van der Waals surface area contributed by atoms with Gasteiger partial charge in [-0.15, -0.1) is 0 Å². The third-order valence-corrected chi connectivity index (χ3v) is 3.14. The summed E-state index contributed by atoms with van der Waals surface area (Å²) in [5.41, 5.74) is 2.14. The summed E-state index contributed by atoms with van der Waals surface area (Å²) in [5, 5.41) is 7.80. The maximum atomic E-state index is 5.37. The van der Waals surface area contributed by atoms with Gasteiger partial charge in [0.05, 0.1) is 19.9 Å². The first-order valence-electron chi connectivity index (χ1n) is 6.70. The summed E-state index contributed by atoms with van der Waals surface area (Å²) < 4.78 is 12.5. The molecule has 0 fully saturated rings. The summed E-state index contributed by atoms with van der Waals surface area (Å²) in [6, 6.07) is 7.87. The molecule has 1 heterocycles. The Morgan fingerprint density at radius 1 is 1.15 bits per heavy atom. The van der Waals surface area contributed by atoms with Gasteiger partial charge in [-0.05, 0) is 19.1 Å². The Kier molecular flexibility index (Phi) is 5.01. The Balaban J connectivity index is 1.93. The average Bonchev–Trinajstić information content (AvgIpc) is 2.95. The molecule has 0 saturated heterocycles. The first kappa shape index (κ1) is 14.4. The van der Waals surface area contributed by atoms with E-state index in [0.29, 0.717) is 0 Å². The molecule has 2 rings (SSSR count). The molecule has 0 radical (unpaired) electrons. The largest absolute Gasteiger partial charge is 0.497 e. The molecule has 5 nitrogen and oxygen atoms in total. The summed E-state index contributed by atoms with van der Waals surface area (Å²) >= 11 is 0. The lowest BCUT2D eigenvalue weighted by molar-refractivity contribution is 0.389. The lowest BCUT2D eigenvalue weighted by atomic mass is 10.2. The van der Waals surface area contributed by atoms with Crippen LogP contribution in [-0.4, -0.2) is 24.0 Å². The zero-order valence-corrected chi connectivity index (χ0v) is 12.2. The Labute approximate surface area is 119 Å². The lowest BCUT2D eigenvalue weighted by Crippen LogP contribution is -2.14. The highest BCUT2D eigenvalue weighted by Crippen LogP contribution is 2.24. The molecular weight excluding hydrogens is 254 g/mol. The van der Waals surface area contributed by atoms with Gasteiger partial charge in [0.1, 0.15) is 11.5 Å². The van der Waals surface area contributed by atoms with Crippen molar-refractivity contribution in [2.24, 2.45) is 0 Å². The summed E-state index contributed by atoms with van der Waals surface area (Å²) in [6.07, 6.45) is 1.99.